The number of aliphatic hydroxyl groups excluding tert-OH is 2. The van der Waals surface area contributed by atoms with Crippen LogP contribution in [0.1, 0.15) is 261 Å². The van der Waals surface area contributed by atoms with E-state index in [1.165, 1.54) is 24.9 Å². The highest BCUT2D eigenvalue weighted by atomic mass is 16.7. The number of imidazole rings is 4. The Bertz CT molecular complexity index is 4750. The van der Waals surface area contributed by atoms with Crippen molar-refractivity contribution in [3.8, 4) is 0 Å². The number of ketones is 2. The van der Waals surface area contributed by atoms with E-state index in [0.29, 0.717) is 77.5 Å². The van der Waals surface area contributed by atoms with Crippen molar-refractivity contribution in [3.63, 3.8) is 0 Å². The Kier molecular flexibility index (Phi) is 45.8. The number of aryl methyl sites for hydroxylation is 4. The third-order valence-electron chi connectivity index (χ3n) is 28.8. The van der Waals surface area contributed by atoms with Crippen LogP contribution in [0.15, 0.2) is 86.0 Å². The van der Waals surface area contributed by atoms with Gasteiger partial charge in [-0.1, -0.05) is 85.3 Å². The summed E-state index contributed by atoms with van der Waals surface area (Å²) in [5, 5.41) is 25.3. The minimum Gasteiger partial charge on any atom is -0.466 e. The summed E-state index contributed by atoms with van der Waals surface area (Å²) in [6, 6.07) is -1.82. The van der Waals surface area contributed by atoms with Gasteiger partial charge in [-0.25, -0.2) is 55.6 Å². The maximum Gasteiger partial charge on any atom is 0.425 e. The number of carbonyl (C=O) groups excluding carboxylic acids is 9. The average molecular weight is 1990 g/mol. The number of hydrazine groups is 2. The van der Waals surface area contributed by atoms with Crippen LogP contribution >= 0.6 is 0 Å². The van der Waals surface area contributed by atoms with Gasteiger partial charge in [0, 0.05) is 111 Å². The van der Waals surface area contributed by atoms with Crippen LogP contribution in [0.4, 0.5) is 9.59 Å². The highest BCUT2D eigenvalue weighted by Crippen LogP contribution is 2.48. The zero-order valence-electron chi connectivity index (χ0n) is 91.3. The number of hydrogen-bond donors (Lipinski definition) is 5. The van der Waals surface area contributed by atoms with Crippen molar-refractivity contribution in [3.05, 3.63) is 109 Å². The minimum absolute atomic E-state index is 0.150. The van der Waals surface area contributed by atoms with Gasteiger partial charge in [0.2, 0.25) is 0 Å². The monoisotopic (exact) mass is 1990 g/mol. The van der Waals surface area contributed by atoms with E-state index in [4.69, 9.17) is 57.9 Å². The van der Waals surface area contributed by atoms with Crippen LogP contribution in [0.25, 0.3) is 0 Å². The van der Waals surface area contributed by atoms with Crippen LogP contribution in [0.5, 0.6) is 0 Å². The van der Waals surface area contributed by atoms with Gasteiger partial charge in [0.05, 0.1) is 103 Å². The summed E-state index contributed by atoms with van der Waals surface area (Å²) in [5.41, 5.74) is 4.35. The molecule has 141 heavy (non-hydrogen) atoms. The molecule has 10 heterocycles. The third kappa shape index (κ3) is 31.5. The van der Waals surface area contributed by atoms with Crippen molar-refractivity contribution in [2.24, 2.45) is 53.2 Å². The molecule has 37 heteroatoms. The molecule has 10 rings (SSSR count). The van der Waals surface area contributed by atoms with Crippen molar-refractivity contribution in [1.29, 1.82) is 0 Å². The molecule has 0 bridgehead atoms. The Labute approximate surface area is 838 Å². The maximum atomic E-state index is 14.3. The molecule has 6 aliphatic heterocycles. The molecule has 24 unspecified atom stereocenters. The van der Waals surface area contributed by atoms with Crippen molar-refractivity contribution in [1.82, 2.24) is 63.9 Å². The molecule has 4 aromatic heterocycles. The van der Waals surface area contributed by atoms with Crippen molar-refractivity contribution in [2.45, 2.75) is 390 Å². The lowest BCUT2D eigenvalue weighted by Crippen LogP contribution is -2.60. The Balaban J connectivity index is 0.000000354. The lowest BCUT2D eigenvalue weighted by atomic mass is 9.72. The Morgan fingerprint density at radius 2 is 1.00 bits per heavy atom. The number of methoxy groups -OCH3 is 2. The first-order chi connectivity index (χ1) is 65.4. The molecule has 26 atom stereocenters. The van der Waals surface area contributed by atoms with Gasteiger partial charge in [-0.15, -0.1) is 0 Å². The number of nitrogens with zero attached hydrogens (tertiary/aromatic N) is 11. The van der Waals surface area contributed by atoms with Gasteiger partial charge in [0.25, 0.3) is 0 Å². The summed E-state index contributed by atoms with van der Waals surface area (Å²) >= 11 is 0. The number of ether oxygens (including phenoxy) is 12. The number of aromatic nitrogens is 8. The number of amides is 2. The van der Waals surface area contributed by atoms with Crippen molar-refractivity contribution < 1.29 is 110 Å². The third-order valence-corrected chi connectivity index (χ3v) is 28.8. The summed E-state index contributed by atoms with van der Waals surface area (Å²) in [4.78, 5) is 138. The summed E-state index contributed by atoms with van der Waals surface area (Å²) in [5.74, 6) is -1.68. The van der Waals surface area contributed by atoms with Crippen LogP contribution in [-0.4, -0.2) is 293 Å². The molecule has 4 aromatic rings. The number of aldehydes is 1. The lowest BCUT2D eigenvalue weighted by Gasteiger charge is -2.47. The number of H-pyrrole nitrogens is 1. The number of cyclic esters (lactones) is 2. The fourth-order valence-electron chi connectivity index (χ4n) is 19.7. The van der Waals surface area contributed by atoms with Gasteiger partial charge in [0.15, 0.2) is 35.3 Å². The standard InChI is InChI=1S/C41H69N5O9.C32H55N3O9.C11H18N2O2.C9H14N2O.C7H12O2.C4H6N2/c1-16-31-41(12)34(46(38(50)55-41)43-18-17-39(9,10)45-21-24(3)42-22-45)27(6)26(5)23(2)20-40(11,51-15)35(28(7)32(47)29(8)36(49)53-31)54-37-33(48)30(44(13)14)19-25(4)52-37;1-13-23-32(9)26(35(33)30(39)44-32)19(5)18(4)16(2)15-31(8,40-12)27(20(6)24(36)21(7)28(38)42-23)43-29-25(37)22(34(10)11)14-17(3)41-29;1-5-15-10(14)6-11(3,4)13-7-9(2)12-8-13;1-8-6-11(7-10-8)9(2,3)4-5-12;1-4-9-7(8)5-6(2)3;1-4-2-5-3-6-4/h21-23,25,27-31,33-35,37,43,48H,5,16-20H2,1-4,6-15H3;16-17,19-23,25-27,29,37H,4,13-15,33H2,1-3,5-12H3;7-8H,5-6H2,1-4H3;5-7H,4H2,1-3H3;5H,4H2,1-3H3;2-3H,1H3,(H,5,6)/t23?,25?,27?,28?,29?,30?,31-,33?,34?,35?,37?,40?,41?;16?,17?,19?,20?,21?,22?,23-,25?,26?,27?,29?,31?,32?;;;;/m11..../s1. The fourth-order valence-corrected chi connectivity index (χ4v) is 19.7. The second-order valence-corrected chi connectivity index (χ2v) is 42.4. The number of aromatic amines is 1. The Morgan fingerprint density at radius 1 is 0.603 bits per heavy atom. The van der Waals surface area contributed by atoms with E-state index in [2.05, 4.69) is 66.7 Å². The van der Waals surface area contributed by atoms with Crippen LogP contribution in [0.3, 0.4) is 0 Å². The molecule has 6 N–H and O–H groups in total. The second-order valence-electron chi connectivity index (χ2n) is 42.4. The molecule has 0 saturated carbocycles. The lowest BCUT2D eigenvalue weighted by molar-refractivity contribution is -0.295. The van der Waals surface area contributed by atoms with E-state index in [1.54, 1.807) is 74.0 Å². The smallest absolute Gasteiger partial charge is 0.425 e. The molecule has 0 spiro atoms. The number of carbonyl (C=O) groups is 9. The number of allylic oxidation sites excluding steroid dienone is 1. The highest BCUT2D eigenvalue weighted by molar-refractivity contribution is 6.01. The predicted molar refractivity (Wildman–Crippen MR) is 535 cm³/mol. The number of Topliss-reactive ketones (excluding diaryl/α,β-unsaturated/α-hetero) is 2. The van der Waals surface area contributed by atoms with E-state index in [-0.39, 0.29) is 76.5 Å². The first-order valence-electron chi connectivity index (χ1n) is 49.6. The largest absolute Gasteiger partial charge is 0.466 e. The highest BCUT2D eigenvalue weighted by Gasteiger charge is 2.62. The Morgan fingerprint density at radius 3 is 1.35 bits per heavy atom. The number of rotatable bonds is 24. The number of esters is 4. The number of hydrogen-bond acceptors (Lipinski definition) is 31. The van der Waals surface area contributed by atoms with E-state index < -0.39 is 143 Å². The quantitative estimate of drug-likeness (QED) is 0.00635. The molecule has 6 fully saturated rings. The molecule has 2 amide bonds. The van der Waals surface area contributed by atoms with Crippen molar-refractivity contribution >= 4 is 53.9 Å². The summed E-state index contributed by atoms with van der Waals surface area (Å²) in [6.07, 6.45) is 11.7. The van der Waals surface area contributed by atoms with Gasteiger partial charge in [0.1, 0.15) is 54.6 Å². The molecule has 798 valence electrons. The van der Waals surface area contributed by atoms with Crippen molar-refractivity contribution in [2.75, 3.05) is 62.2 Å². The molecule has 0 radical (unpaired) electrons. The second kappa shape index (κ2) is 52.7. The molecular formula is C104H174N14O23. The molecule has 37 nitrogen and oxygen atoms in total. The maximum absolute atomic E-state index is 14.3. The molecule has 0 aromatic carbocycles. The van der Waals surface area contributed by atoms with Gasteiger partial charge in [-0.05, 0) is 237 Å². The van der Waals surface area contributed by atoms with Crippen LogP contribution < -0.4 is 11.3 Å². The van der Waals surface area contributed by atoms with E-state index in [1.807, 2.05) is 217 Å². The Hall–Kier alpha value is -8.99. The summed E-state index contributed by atoms with van der Waals surface area (Å²) in [6.45, 7) is 66.8. The number of aliphatic hydroxyl groups is 2. The first kappa shape index (κ1) is 122. The van der Waals surface area contributed by atoms with Crippen LogP contribution in [0, 0.1) is 75.0 Å². The molecule has 6 aliphatic rings. The average Bonchev–Trinajstić information content (AvgIpc) is 1.27. The normalized spacial score (nSPS) is 32.1. The van der Waals surface area contributed by atoms with Gasteiger partial charge >= 0.3 is 36.1 Å². The van der Waals surface area contributed by atoms with E-state index in [0.717, 1.165) is 50.8 Å². The molecular weight excluding hydrogens is 1810 g/mol. The molecule has 0 aliphatic carbocycles. The van der Waals surface area contributed by atoms with E-state index in [9.17, 15) is 53.4 Å². The van der Waals surface area contributed by atoms with E-state index >= 15 is 0 Å². The zero-order valence-corrected chi connectivity index (χ0v) is 91.3. The number of fused-ring (bicyclic) bond motifs is 2. The number of nitrogens with one attached hydrogen (secondary N) is 2. The minimum atomic E-state index is -1.30. The SMILES string of the molecule is C=C1C(C)CC(C)(OC)C(OC2OC(C)CC(N(C)C)C2O)C(C)C(=O)C(C)C(=O)O[C@H](CC)C2(C)OC(=O)N(N)C2C1C.C=C1C(C)CC(C)(OC)C(OC2OC(C)CC(N(C)C)C2O)C(C)C(=O)C(C)C(=O)O[C@H](CC)C2(C)OC(=O)N(NCCC(C)(C)n3cnc(C)c3)C2C1C.CCOC(=O)C=C(C)C.CCOC(=O)CC(C)(C)n1cnc(C)c1.Cc1cn(C(C)(C)CC=O)cn1.Cc1cnc[nH]1. The number of nitrogens with two attached hydrogens (primary N) is 1. The summed E-state index contributed by atoms with van der Waals surface area (Å²) in [7, 11) is 10.7. The molecule has 6 saturated heterocycles. The van der Waals surface area contributed by atoms with Crippen LogP contribution in [0.2, 0.25) is 0 Å². The zero-order chi connectivity index (χ0) is 107. The van der Waals surface area contributed by atoms with Gasteiger partial charge in [-0.2, -0.15) is 0 Å². The predicted octanol–water partition coefficient (Wildman–Crippen LogP) is 13.7. The first-order valence-corrected chi connectivity index (χ1v) is 49.6. The van der Waals surface area contributed by atoms with Gasteiger partial charge < -0.3 is 100 Å². The van der Waals surface area contributed by atoms with Gasteiger partial charge in [-0.3, -0.25) is 24.0 Å². The summed E-state index contributed by atoms with van der Waals surface area (Å²) < 4.78 is 77.6. The van der Waals surface area contributed by atoms with Crippen LogP contribution in [-0.2, 0) is 107 Å². The number of likely N-dealkylation sites (N-methyl/N-ethyl adjacent to an activating group) is 2. The fraction of sp³-hybridized carbons (Fsp3) is 0.740. The topological polar surface area (TPSA) is 438 Å².